The highest BCUT2D eigenvalue weighted by Crippen LogP contribution is 2.67. The van der Waals surface area contributed by atoms with Gasteiger partial charge in [0.15, 0.2) is 0 Å². The van der Waals surface area contributed by atoms with Gasteiger partial charge in [0.2, 0.25) is 0 Å². The van der Waals surface area contributed by atoms with E-state index in [4.69, 9.17) is 0 Å². The van der Waals surface area contributed by atoms with E-state index >= 15 is 0 Å². The fourth-order valence-corrected chi connectivity index (χ4v) is 7.95. The lowest BCUT2D eigenvalue weighted by Gasteiger charge is -2.62. The quantitative estimate of drug-likeness (QED) is 0.713. The fourth-order valence-electron chi connectivity index (χ4n) is 7.95. The summed E-state index contributed by atoms with van der Waals surface area (Å²) >= 11 is 0. The van der Waals surface area contributed by atoms with E-state index in [9.17, 15) is 20.1 Å². The first-order valence-electron chi connectivity index (χ1n) is 10.3. The summed E-state index contributed by atoms with van der Waals surface area (Å²) in [6, 6.07) is 0. The van der Waals surface area contributed by atoms with Gasteiger partial charge in [0.25, 0.3) is 0 Å². The number of aliphatic hydroxyl groups excluding tert-OH is 1. The molecule has 142 valence electrons. The molecule has 4 fully saturated rings. The molecule has 8 atom stereocenters. The van der Waals surface area contributed by atoms with Gasteiger partial charge in [-0.25, -0.2) is 0 Å². The Bertz CT molecular complexity index is 558. The van der Waals surface area contributed by atoms with E-state index in [1.165, 1.54) is 0 Å². The molecule has 4 aliphatic carbocycles. The molecule has 0 spiro atoms. The first kappa shape index (κ1) is 17.8. The van der Waals surface area contributed by atoms with E-state index in [0.29, 0.717) is 23.7 Å². The molecule has 0 aromatic rings. The van der Waals surface area contributed by atoms with Crippen molar-refractivity contribution in [2.75, 3.05) is 6.61 Å². The second kappa shape index (κ2) is 5.69. The third-order valence-corrected chi connectivity index (χ3v) is 9.24. The van der Waals surface area contributed by atoms with Crippen molar-refractivity contribution in [3.8, 4) is 0 Å². The van der Waals surface area contributed by atoms with Crippen molar-refractivity contribution in [3.05, 3.63) is 0 Å². The molecule has 0 aromatic carbocycles. The van der Waals surface area contributed by atoms with Crippen LogP contribution in [0.5, 0.6) is 0 Å². The molecule has 4 aliphatic rings. The van der Waals surface area contributed by atoms with Crippen LogP contribution in [-0.4, -0.2) is 33.5 Å². The standard InChI is InChI=1S/C21H34O4/c1-19(25)9-10-21(12-22)13(11-19)3-4-14-15-5-6-17(18(23)24)20(15,2)8-7-16(14)21/h13-17,22,25H,3-12H2,1-2H3,(H,23,24)/t13-,14+,15+,16+,17-,19-,20+,21-/m1/s1. The van der Waals surface area contributed by atoms with E-state index in [1.807, 2.05) is 6.92 Å². The molecular weight excluding hydrogens is 316 g/mol. The molecule has 25 heavy (non-hydrogen) atoms. The average molecular weight is 350 g/mol. The topological polar surface area (TPSA) is 77.8 Å². The van der Waals surface area contributed by atoms with Crippen LogP contribution in [0, 0.1) is 40.4 Å². The molecular formula is C21H34O4. The predicted octanol–water partition coefficient (Wildman–Crippen LogP) is 3.45. The summed E-state index contributed by atoms with van der Waals surface area (Å²) in [4.78, 5) is 11.8. The smallest absolute Gasteiger partial charge is 0.307 e. The van der Waals surface area contributed by atoms with Crippen LogP contribution >= 0.6 is 0 Å². The lowest BCUT2D eigenvalue weighted by molar-refractivity contribution is -0.174. The van der Waals surface area contributed by atoms with E-state index in [1.54, 1.807) is 0 Å². The number of hydrogen-bond acceptors (Lipinski definition) is 3. The lowest BCUT2D eigenvalue weighted by atomic mass is 9.43. The van der Waals surface area contributed by atoms with Gasteiger partial charge in [0, 0.05) is 6.61 Å². The van der Waals surface area contributed by atoms with Crippen molar-refractivity contribution < 1.29 is 20.1 Å². The Morgan fingerprint density at radius 1 is 1.00 bits per heavy atom. The van der Waals surface area contributed by atoms with Crippen LogP contribution in [0.2, 0.25) is 0 Å². The van der Waals surface area contributed by atoms with Crippen molar-refractivity contribution in [2.45, 2.75) is 77.2 Å². The maximum atomic E-state index is 11.8. The van der Waals surface area contributed by atoms with E-state index in [-0.39, 0.29) is 23.4 Å². The minimum atomic E-state index is -0.609. The normalized spacial score (nSPS) is 55.1. The first-order chi connectivity index (χ1) is 11.7. The average Bonchev–Trinajstić information content (AvgIpc) is 2.91. The fraction of sp³-hybridized carbons (Fsp3) is 0.952. The molecule has 0 aromatic heterocycles. The van der Waals surface area contributed by atoms with Crippen LogP contribution in [0.3, 0.4) is 0 Å². The van der Waals surface area contributed by atoms with Gasteiger partial charge < -0.3 is 15.3 Å². The monoisotopic (exact) mass is 350 g/mol. The zero-order valence-electron chi connectivity index (χ0n) is 15.7. The van der Waals surface area contributed by atoms with Crippen LogP contribution in [0.15, 0.2) is 0 Å². The third kappa shape index (κ3) is 2.43. The Balaban J connectivity index is 1.64. The van der Waals surface area contributed by atoms with Gasteiger partial charge in [0.05, 0.1) is 11.5 Å². The van der Waals surface area contributed by atoms with Gasteiger partial charge in [-0.3, -0.25) is 4.79 Å². The molecule has 4 heteroatoms. The van der Waals surface area contributed by atoms with Crippen molar-refractivity contribution in [3.63, 3.8) is 0 Å². The Morgan fingerprint density at radius 3 is 2.44 bits per heavy atom. The maximum absolute atomic E-state index is 11.8. The highest BCUT2D eigenvalue weighted by atomic mass is 16.4. The SMILES string of the molecule is C[C@@]1(O)CC[C@@]2(CO)[C@H](CC[C@H]3[C@@H]4CC[C@H](C(=O)O)[C@@]4(C)CC[C@@H]32)C1. The van der Waals surface area contributed by atoms with Gasteiger partial charge in [-0.15, -0.1) is 0 Å². The number of aliphatic carboxylic acids is 1. The van der Waals surface area contributed by atoms with E-state index in [2.05, 4.69) is 6.92 Å². The number of aliphatic hydroxyl groups is 2. The summed E-state index contributed by atoms with van der Waals surface area (Å²) in [7, 11) is 0. The van der Waals surface area contributed by atoms with Crippen LogP contribution in [-0.2, 0) is 4.79 Å². The summed E-state index contributed by atoms with van der Waals surface area (Å²) in [5, 5.41) is 30.7. The zero-order chi connectivity index (χ0) is 18.0. The van der Waals surface area contributed by atoms with Gasteiger partial charge in [-0.05, 0) is 99.2 Å². The lowest BCUT2D eigenvalue weighted by Crippen LogP contribution is -2.58. The van der Waals surface area contributed by atoms with Gasteiger partial charge in [-0.2, -0.15) is 0 Å². The molecule has 0 amide bonds. The molecule has 0 bridgehead atoms. The van der Waals surface area contributed by atoms with Crippen molar-refractivity contribution in [1.29, 1.82) is 0 Å². The highest BCUT2D eigenvalue weighted by Gasteiger charge is 2.63. The summed E-state index contributed by atoms with van der Waals surface area (Å²) in [5.74, 6) is 1.20. The van der Waals surface area contributed by atoms with E-state index < -0.39 is 11.6 Å². The van der Waals surface area contributed by atoms with Crippen LogP contribution in [0.1, 0.15) is 71.6 Å². The molecule has 0 saturated heterocycles. The van der Waals surface area contributed by atoms with Crippen LogP contribution in [0.4, 0.5) is 0 Å². The Morgan fingerprint density at radius 2 is 1.76 bits per heavy atom. The number of hydrogen-bond donors (Lipinski definition) is 3. The number of fused-ring (bicyclic) bond motifs is 5. The highest BCUT2D eigenvalue weighted by molar-refractivity contribution is 5.71. The van der Waals surface area contributed by atoms with Crippen LogP contribution in [0.25, 0.3) is 0 Å². The van der Waals surface area contributed by atoms with Gasteiger partial charge in [-0.1, -0.05) is 6.92 Å². The number of carboxylic acids is 1. The zero-order valence-corrected chi connectivity index (χ0v) is 15.7. The van der Waals surface area contributed by atoms with Crippen molar-refractivity contribution in [2.24, 2.45) is 40.4 Å². The minimum absolute atomic E-state index is 0.0339. The minimum Gasteiger partial charge on any atom is -0.481 e. The molecule has 4 saturated carbocycles. The summed E-state index contributed by atoms with van der Waals surface area (Å²) < 4.78 is 0. The molecule has 0 heterocycles. The second-order valence-corrected chi connectivity index (χ2v) is 10.3. The Labute approximate surface area is 151 Å². The van der Waals surface area contributed by atoms with Gasteiger partial charge >= 0.3 is 5.97 Å². The predicted molar refractivity (Wildman–Crippen MR) is 94.9 cm³/mol. The number of rotatable bonds is 2. The maximum Gasteiger partial charge on any atom is 0.307 e. The molecule has 4 rings (SSSR count). The second-order valence-electron chi connectivity index (χ2n) is 10.3. The summed E-state index contributed by atoms with van der Waals surface area (Å²) in [6.07, 6.45) is 8.67. The Hall–Kier alpha value is -0.610. The molecule has 3 N–H and O–H groups in total. The Kier molecular flexibility index (Phi) is 4.05. The van der Waals surface area contributed by atoms with E-state index in [0.717, 1.165) is 57.8 Å². The summed E-state index contributed by atoms with van der Waals surface area (Å²) in [6.45, 7) is 4.41. The van der Waals surface area contributed by atoms with Crippen LogP contribution < -0.4 is 0 Å². The summed E-state index contributed by atoms with van der Waals surface area (Å²) in [5.41, 5.74) is -0.675. The van der Waals surface area contributed by atoms with Gasteiger partial charge in [0.1, 0.15) is 0 Å². The third-order valence-electron chi connectivity index (χ3n) is 9.24. The van der Waals surface area contributed by atoms with Crippen molar-refractivity contribution in [1.82, 2.24) is 0 Å². The molecule has 0 aliphatic heterocycles. The number of carboxylic acid groups (broad SMARTS) is 1. The number of carbonyl (C=O) groups is 1. The largest absolute Gasteiger partial charge is 0.481 e. The molecule has 0 unspecified atom stereocenters. The van der Waals surface area contributed by atoms with Crippen molar-refractivity contribution >= 4 is 5.97 Å². The molecule has 0 radical (unpaired) electrons. The molecule has 4 nitrogen and oxygen atoms in total. The first-order valence-corrected chi connectivity index (χ1v) is 10.3.